The molecule has 1 aromatic carbocycles. The van der Waals surface area contributed by atoms with Crippen LogP contribution in [-0.4, -0.2) is 62.2 Å². The SMILES string of the molecule is N[C@@H]1[C@@H](O)[C@H](O)[C@@H](CO)OC1(O)C(=S)Nc1ccccc1. The van der Waals surface area contributed by atoms with Crippen molar-refractivity contribution >= 4 is 22.9 Å². The van der Waals surface area contributed by atoms with Crippen molar-refractivity contribution in [1.82, 2.24) is 0 Å². The lowest BCUT2D eigenvalue weighted by Gasteiger charge is -2.46. The van der Waals surface area contributed by atoms with E-state index in [1.165, 1.54) is 0 Å². The number of aliphatic hydroxyl groups is 4. The lowest BCUT2D eigenvalue weighted by molar-refractivity contribution is -0.279. The molecule has 1 saturated heterocycles. The Kier molecular flexibility index (Phi) is 4.89. The topological polar surface area (TPSA) is 128 Å². The van der Waals surface area contributed by atoms with E-state index < -0.39 is 36.7 Å². The fourth-order valence-corrected chi connectivity index (χ4v) is 2.44. The highest BCUT2D eigenvalue weighted by Gasteiger charge is 2.54. The van der Waals surface area contributed by atoms with Crippen molar-refractivity contribution in [2.75, 3.05) is 11.9 Å². The Morgan fingerprint density at radius 1 is 1.29 bits per heavy atom. The second-order valence-electron chi connectivity index (χ2n) is 4.86. The Balaban J connectivity index is 2.20. The predicted molar refractivity (Wildman–Crippen MR) is 79.6 cm³/mol. The van der Waals surface area contributed by atoms with E-state index in [-0.39, 0.29) is 4.99 Å². The Labute approximate surface area is 127 Å². The highest BCUT2D eigenvalue weighted by atomic mass is 32.1. The molecule has 0 bridgehead atoms. The zero-order valence-corrected chi connectivity index (χ0v) is 11.9. The zero-order valence-electron chi connectivity index (χ0n) is 11.1. The van der Waals surface area contributed by atoms with Crippen LogP contribution in [0.15, 0.2) is 30.3 Å². The highest BCUT2D eigenvalue weighted by Crippen LogP contribution is 2.28. The van der Waals surface area contributed by atoms with Crippen LogP contribution in [0.4, 0.5) is 5.69 Å². The molecule has 0 aromatic heterocycles. The number of nitrogens with one attached hydrogen (secondary N) is 1. The zero-order chi connectivity index (χ0) is 15.6. The van der Waals surface area contributed by atoms with Crippen LogP contribution in [0.25, 0.3) is 0 Å². The van der Waals surface area contributed by atoms with Gasteiger partial charge in [0.25, 0.3) is 0 Å². The molecule has 5 atom stereocenters. The lowest BCUT2D eigenvalue weighted by Crippen LogP contribution is -2.71. The van der Waals surface area contributed by atoms with Gasteiger partial charge in [0.05, 0.1) is 12.6 Å². The van der Waals surface area contributed by atoms with Gasteiger partial charge in [0, 0.05) is 5.69 Å². The number of rotatable bonds is 3. The van der Waals surface area contributed by atoms with Crippen molar-refractivity contribution < 1.29 is 25.2 Å². The van der Waals surface area contributed by atoms with Gasteiger partial charge < -0.3 is 36.2 Å². The summed E-state index contributed by atoms with van der Waals surface area (Å²) in [5.41, 5.74) is 6.33. The quantitative estimate of drug-likeness (QED) is 0.374. The second kappa shape index (κ2) is 6.32. The van der Waals surface area contributed by atoms with Crippen LogP contribution in [0.2, 0.25) is 0 Å². The number of anilines is 1. The van der Waals surface area contributed by atoms with Crippen molar-refractivity contribution in [1.29, 1.82) is 0 Å². The van der Waals surface area contributed by atoms with Gasteiger partial charge in [-0.1, -0.05) is 30.4 Å². The predicted octanol–water partition coefficient (Wildman–Crippen LogP) is -1.45. The van der Waals surface area contributed by atoms with Crippen molar-refractivity contribution in [2.24, 2.45) is 5.73 Å². The number of benzene rings is 1. The molecule has 1 fully saturated rings. The van der Waals surface area contributed by atoms with Gasteiger partial charge >= 0.3 is 0 Å². The Bertz CT molecular complexity index is 501. The number of hydrogen-bond acceptors (Lipinski definition) is 7. The standard InChI is InChI=1S/C13H18N2O5S/c14-11-10(18)9(17)8(6-16)20-13(11,19)12(21)15-7-4-2-1-3-5-7/h1-5,8-11,16-19H,6,14H2,(H,15,21)/t8-,9-,10+,11-,13?/m1/s1. The summed E-state index contributed by atoms with van der Waals surface area (Å²) in [4.78, 5) is -0.161. The maximum atomic E-state index is 10.5. The smallest absolute Gasteiger partial charge is 0.237 e. The van der Waals surface area contributed by atoms with Crippen LogP contribution in [0, 0.1) is 0 Å². The molecule has 21 heavy (non-hydrogen) atoms. The average molecular weight is 314 g/mol. The fourth-order valence-electron chi connectivity index (χ4n) is 2.14. The van der Waals surface area contributed by atoms with Gasteiger partial charge in [-0.25, -0.2) is 0 Å². The minimum absolute atomic E-state index is 0.161. The molecule has 116 valence electrons. The molecule has 0 amide bonds. The van der Waals surface area contributed by atoms with E-state index in [2.05, 4.69) is 5.32 Å². The molecular weight excluding hydrogens is 296 g/mol. The maximum absolute atomic E-state index is 10.5. The fraction of sp³-hybridized carbons (Fsp3) is 0.462. The van der Waals surface area contributed by atoms with Gasteiger partial charge in [-0.2, -0.15) is 0 Å². The molecule has 7 nitrogen and oxygen atoms in total. The van der Waals surface area contributed by atoms with Crippen molar-refractivity contribution in [2.45, 2.75) is 30.1 Å². The monoisotopic (exact) mass is 314 g/mol. The third-order valence-electron chi connectivity index (χ3n) is 3.42. The van der Waals surface area contributed by atoms with E-state index in [9.17, 15) is 15.3 Å². The Morgan fingerprint density at radius 3 is 2.48 bits per heavy atom. The minimum Gasteiger partial charge on any atom is -0.394 e. The van der Waals surface area contributed by atoms with Gasteiger partial charge in [0.2, 0.25) is 5.79 Å². The Morgan fingerprint density at radius 2 is 1.90 bits per heavy atom. The number of thiocarbonyl (C=S) groups is 1. The van der Waals surface area contributed by atoms with Gasteiger partial charge in [0.1, 0.15) is 23.3 Å². The first-order chi connectivity index (χ1) is 9.90. The third-order valence-corrected chi connectivity index (χ3v) is 3.81. The summed E-state index contributed by atoms with van der Waals surface area (Å²) in [6.07, 6.45) is -4.10. The first-order valence-electron chi connectivity index (χ1n) is 6.39. The first-order valence-corrected chi connectivity index (χ1v) is 6.80. The third kappa shape index (κ3) is 3.06. The summed E-state index contributed by atoms with van der Waals surface area (Å²) in [6, 6.07) is 7.43. The normalized spacial score (nSPS) is 36.2. The van der Waals surface area contributed by atoms with Gasteiger partial charge in [-0.15, -0.1) is 0 Å². The van der Waals surface area contributed by atoms with Crippen LogP contribution in [0.5, 0.6) is 0 Å². The molecule has 7 N–H and O–H groups in total. The highest BCUT2D eigenvalue weighted by molar-refractivity contribution is 7.80. The molecule has 0 spiro atoms. The molecule has 1 aromatic rings. The number of nitrogens with two attached hydrogens (primary N) is 1. The van der Waals surface area contributed by atoms with Crippen LogP contribution in [0.1, 0.15) is 0 Å². The van der Waals surface area contributed by atoms with Crippen LogP contribution in [-0.2, 0) is 4.74 Å². The summed E-state index contributed by atoms with van der Waals surface area (Å²) >= 11 is 5.10. The van der Waals surface area contributed by atoms with Crippen LogP contribution < -0.4 is 11.1 Å². The number of aliphatic hydroxyl groups excluding tert-OH is 3. The number of hydrogen-bond donors (Lipinski definition) is 6. The van der Waals surface area contributed by atoms with E-state index >= 15 is 0 Å². The van der Waals surface area contributed by atoms with E-state index in [1.807, 2.05) is 6.07 Å². The van der Waals surface area contributed by atoms with E-state index in [4.69, 9.17) is 27.8 Å². The lowest BCUT2D eigenvalue weighted by atomic mass is 9.90. The van der Waals surface area contributed by atoms with E-state index in [0.717, 1.165) is 0 Å². The van der Waals surface area contributed by atoms with E-state index in [0.29, 0.717) is 5.69 Å². The molecule has 0 saturated carbocycles. The summed E-state index contributed by atoms with van der Waals surface area (Å²) in [6.45, 7) is -0.596. The van der Waals surface area contributed by atoms with Crippen molar-refractivity contribution in [3.05, 3.63) is 30.3 Å². The molecule has 1 aliphatic heterocycles. The van der Waals surface area contributed by atoms with Gasteiger partial charge in [-0.3, -0.25) is 0 Å². The molecule has 0 aliphatic carbocycles. The molecule has 1 heterocycles. The molecule has 8 heteroatoms. The van der Waals surface area contributed by atoms with Crippen molar-refractivity contribution in [3.63, 3.8) is 0 Å². The molecule has 1 unspecified atom stereocenters. The number of para-hydroxylation sites is 1. The summed E-state index contributed by atoms with van der Waals surface area (Å²) < 4.78 is 5.22. The Hall–Kier alpha value is -1.13. The molecule has 0 radical (unpaired) electrons. The summed E-state index contributed by atoms with van der Waals surface area (Å²) in [7, 11) is 0. The second-order valence-corrected chi connectivity index (χ2v) is 5.27. The molecule has 1 aliphatic rings. The van der Waals surface area contributed by atoms with Gasteiger partial charge in [0.15, 0.2) is 0 Å². The van der Waals surface area contributed by atoms with E-state index in [1.54, 1.807) is 24.3 Å². The first kappa shape index (κ1) is 16.2. The maximum Gasteiger partial charge on any atom is 0.237 e. The van der Waals surface area contributed by atoms with Crippen LogP contribution in [0.3, 0.4) is 0 Å². The number of ether oxygens (including phenoxy) is 1. The summed E-state index contributed by atoms with van der Waals surface area (Å²) in [5, 5.41) is 42.1. The average Bonchev–Trinajstić information content (AvgIpc) is 2.50. The summed E-state index contributed by atoms with van der Waals surface area (Å²) in [5.74, 6) is -2.20. The minimum atomic E-state index is -2.20. The van der Waals surface area contributed by atoms with Gasteiger partial charge in [-0.05, 0) is 12.1 Å². The van der Waals surface area contributed by atoms with Crippen LogP contribution >= 0.6 is 12.2 Å². The van der Waals surface area contributed by atoms with Crippen molar-refractivity contribution in [3.8, 4) is 0 Å². The molecule has 2 rings (SSSR count). The largest absolute Gasteiger partial charge is 0.394 e. The molecular formula is C13H18N2O5S.